The lowest BCUT2D eigenvalue weighted by molar-refractivity contribution is -0.123. The van der Waals surface area contributed by atoms with Crippen molar-refractivity contribution in [3.8, 4) is 0 Å². The van der Waals surface area contributed by atoms with E-state index in [2.05, 4.69) is 15.2 Å². The number of oxazole rings is 1. The van der Waals surface area contributed by atoms with Gasteiger partial charge >= 0.3 is 0 Å². The lowest BCUT2D eigenvalue weighted by Crippen LogP contribution is -2.44. The number of rotatable bonds is 6. The van der Waals surface area contributed by atoms with Gasteiger partial charge in [-0.05, 0) is 50.4 Å². The molecule has 2 fully saturated rings. The maximum atomic E-state index is 12.5. The Balaban J connectivity index is 1.33. The summed E-state index contributed by atoms with van der Waals surface area (Å²) in [7, 11) is 0. The van der Waals surface area contributed by atoms with E-state index in [1.807, 2.05) is 6.07 Å². The molecule has 0 spiro atoms. The van der Waals surface area contributed by atoms with Crippen molar-refractivity contribution in [3.63, 3.8) is 0 Å². The molecule has 7 nitrogen and oxygen atoms in total. The molecule has 29 heavy (non-hydrogen) atoms. The quantitative estimate of drug-likeness (QED) is 0.779. The standard InChI is InChI=1S/C22H30N4O3/c23-20(27)17-7-4-11-26(14-17)12-10-24-21(28)16-8-9-18-19(13-16)29-22(25-18)15-5-2-1-3-6-15/h8-9,13,15,17H,1-7,10-12,14H2,(H2,23,27)(H,24,28). The molecule has 0 radical (unpaired) electrons. The summed E-state index contributed by atoms with van der Waals surface area (Å²) < 4.78 is 5.99. The lowest BCUT2D eigenvalue weighted by atomic mass is 9.89. The van der Waals surface area contributed by atoms with Crippen LogP contribution in [0.3, 0.4) is 0 Å². The Labute approximate surface area is 171 Å². The summed E-state index contributed by atoms with van der Waals surface area (Å²) in [6.07, 6.45) is 7.84. The normalized spacial score (nSPS) is 21.3. The van der Waals surface area contributed by atoms with Gasteiger partial charge in [0.2, 0.25) is 5.91 Å². The maximum Gasteiger partial charge on any atom is 0.251 e. The van der Waals surface area contributed by atoms with E-state index < -0.39 is 0 Å². The summed E-state index contributed by atoms with van der Waals surface area (Å²) >= 11 is 0. The highest BCUT2D eigenvalue weighted by Crippen LogP contribution is 2.33. The fraction of sp³-hybridized carbons (Fsp3) is 0.591. The first-order chi connectivity index (χ1) is 14.1. The zero-order valence-corrected chi connectivity index (χ0v) is 16.9. The maximum absolute atomic E-state index is 12.5. The minimum Gasteiger partial charge on any atom is -0.440 e. The molecular weight excluding hydrogens is 368 g/mol. The van der Waals surface area contributed by atoms with Crippen LogP contribution in [0, 0.1) is 5.92 Å². The van der Waals surface area contributed by atoms with E-state index in [1.54, 1.807) is 12.1 Å². The van der Waals surface area contributed by atoms with E-state index in [4.69, 9.17) is 10.2 Å². The van der Waals surface area contributed by atoms with E-state index in [-0.39, 0.29) is 17.7 Å². The van der Waals surface area contributed by atoms with Crippen molar-refractivity contribution in [3.05, 3.63) is 29.7 Å². The number of nitrogens with two attached hydrogens (primary N) is 1. The molecule has 0 bridgehead atoms. The fourth-order valence-corrected chi connectivity index (χ4v) is 4.53. The van der Waals surface area contributed by atoms with Gasteiger partial charge in [-0.15, -0.1) is 0 Å². The first-order valence-electron chi connectivity index (χ1n) is 10.8. The molecule has 7 heteroatoms. The number of nitrogens with one attached hydrogen (secondary N) is 1. The Bertz CT molecular complexity index is 872. The Morgan fingerprint density at radius 3 is 2.79 bits per heavy atom. The monoisotopic (exact) mass is 398 g/mol. The van der Waals surface area contributed by atoms with Gasteiger partial charge in [0.15, 0.2) is 11.5 Å². The molecule has 2 aliphatic rings. The zero-order chi connectivity index (χ0) is 20.2. The number of likely N-dealkylation sites (tertiary alicyclic amines) is 1. The highest BCUT2D eigenvalue weighted by atomic mass is 16.3. The largest absolute Gasteiger partial charge is 0.440 e. The Morgan fingerprint density at radius 1 is 1.17 bits per heavy atom. The van der Waals surface area contributed by atoms with Crippen LogP contribution in [0.15, 0.2) is 22.6 Å². The number of hydrogen-bond acceptors (Lipinski definition) is 5. The van der Waals surface area contributed by atoms with E-state index in [0.717, 1.165) is 43.6 Å². The third kappa shape index (κ3) is 4.78. The molecule has 1 atom stereocenters. The van der Waals surface area contributed by atoms with Gasteiger partial charge < -0.3 is 20.4 Å². The van der Waals surface area contributed by atoms with Crippen LogP contribution in [0.2, 0.25) is 0 Å². The summed E-state index contributed by atoms with van der Waals surface area (Å²) in [5, 5.41) is 2.97. The van der Waals surface area contributed by atoms with Gasteiger partial charge in [-0.3, -0.25) is 9.59 Å². The molecule has 2 amide bonds. The van der Waals surface area contributed by atoms with Crippen LogP contribution in [0.4, 0.5) is 0 Å². The first kappa shape index (κ1) is 19.9. The number of fused-ring (bicyclic) bond motifs is 1. The third-order valence-electron chi connectivity index (χ3n) is 6.24. The smallest absolute Gasteiger partial charge is 0.251 e. The van der Waals surface area contributed by atoms with Crippen molar-refractivity contribution in [1.82, 2.24) is 15.2 Å². The Kier molecular flexibility index (Phi) is 6.13. The van der Waals surface area contributed by atoms with E-state index in [1.165, 1.54) is 19.3 Å². The average molecular weight is 399 g/mol. The highest BCUT2D eigenvalue weighted by molar-refractivity contribution is 5.97. The number of piperidine rings is 1. The number of carbonyl (C=O) groups excluding carboxylic acids is 2. The summed E-state index contributed by atoms with van der Waals surface area (Å²) in [4.78, 5) is 30.8. The molecule has 1 saturated heterocycles. The van der Waals surface area contributed by atoms with E-state index in [0.29, 0.717) is 36.7 Å². The van der Waals surface area contributed by atoms with Gasteiger partial charge in [-0.2, -0.15) is 0 Å². The predicted octanol–water partition coefficient (Wildman–Crippen LogP) is 2.80. The van der Waals surface area contributed by atoms with Crippen LogP contribution in [-0.2, 0) is 4.79 Å². The van der Waals surface area contributed by atoms with Gasteiger partial charge in [0, 0.05) is 31.1 Å². The minimum atomic E-state index is -0.230. The number of primary amides is 1. The molecule has 1 aliphatic carbocycles. The summed E-state index contributed by atoms with van der Waals surface area (Å²) in [5.74, 6) is 0.790. The number of benzene rings is 1. The minimum absolute atomic E-state index is 0.0772. The molecule has 3 N–H and O–H groups in total. The van der Waals surface area contributed by atoms with E-state index >= 15 is 0 Å². The first-order valence-corrected chi connectivity index (χ1v) is 10.8. The van der Waals surface area contributed by atoms with Gasteiger partial charge in [0.25, 0.3) is 5.91 Å². The fourth-order valence-electron chi connectivity index (χ4n) is 4.53. The van der Waals surface area contributed by atoms with Crippen molar-refractivity contribution in [2.24, 2.45) is 11.7 Å². The molecule has 4 rings (SSSR count). The van der Waals surface area contributed by atoms with Crippen LogP contribution >= 0.6 is 0 Å². The Morgan fingerprint density at radius 2 is 2.00 bits per heavy atom. The molecule has 2 heterocycles. The number of aromatic nitrogens is 1. The molecular formula is C22H30N4O3. The molecule has 1 saturated carbocycles. The number of carbonyl (C=O) groups is 2. The molecule has 2 aromatic rings. The second kappa shape index (κ2) is 8.95. The highest BCUT2D eigenvalue weighted by Gasteiger charge is 2.24. The third-order valence-corrected chi connectivity index (χ3v) is 6.24. The van der Waals surface area contributed by atoms with Gasteiger partial charge in [-0.1, -0.05) is 19.3 Å². The van der Waals surface area contributed by atoms with Gasteiger partial charge in [-0.25, -0.2) is 4.98 Å². The second-order valence-corrected chi connectivity index (χ2v) is 8.37. The molecule has 1 aromatic heterocycles. The topological polar surface area (TPSA) is 101 Å². The second-order valence-electron chi connectivity index (χ2n) is 8.37. The van der Waals surface area contributed by atoms with Crippen molar-refractivity contribution < 1.29 is 14.0 Å². The van der Waals surface area contributed by atoms with Crippen molar-refractivity contribution in [2.75, 3.05) is 26.2 Å². The molecule has 1 aromatic carbocycles. The van der Waals surface area contributed by atoms with Crippen molar-refractivity contribution >= 4 is 22.9 Å². The number of nitrogens with zero attached hydrogens (tertiary/aromatic N) is 2. The predicted molar refractivity (Wildman–Crippen MR) is 111 cm³/mol. The average Bonchev–Trinajstić information content (AvgIpc) is 3.18. The van der Waals surface area contributed by atoms with Crippen molar-refractivity contribution in [1.29, 1.82) is 0 Å². The molecule has 1 unspecified atom stereocenters. The van der Waals surface area contributed by atoms with Gasteiger partial charge in [0.05, 0.1) is 5.92 Å². The molecule has 1 aliphatic heterocycles. The summed E-state index contributed by atoms with van der Waals surface area (Å²) in [5.41, 5.74) is 7.50. The van der Waals surface area contributed by atoms with Crippen molar-refractivity contribution in [2.45, 2.75) is 50.9 Å². The molecule has 156 valence electrons. The number of hydrogen-bond donors (Lipinski definition) is 2. The lowest BCUT2D eigenvalue weighted by Gasteiger charge is -2.31. The Hall–Kier alpha value is -2.41. The van der Waals surface area contributed by atoms with Crippen LogP contribution in [-0.4, -0.2) is 47.9 Å². The number of amides is 2. The van der Waals surface area contributed by atoms with Crippen LogP contribution in [0.5, 0.6) is 0 Å². The SMILES string of the molecule is NC(=O)C1CCCN(CCNC(=O)c2ccc3nc(C4CCCCC4)oc3c2)C1. The van der Waals surface area contributed by atoms with Gasteiger partial charge in [0.1, 0.15) is 5.52 Å². The van der Waals surface area contributed by atoms with Crippen LogP contribution < -0.4 is 11.1 Å². The van der Waals surface area contributed by atoms with Crippen LogP contribution in [0.1, 0.15) is 67.1 Å². The van der Waals surface area contributed by atoms with E-state index in [9.17, 15) is 9.59 Å². The zero-order valence-electron chi connectivity index (χ0n) is 16.9. The van der Waals surface area contributed by atoms with Crippen LogP contribution in [0.25, 0.3) is 11.1 Å². The summed E-state index contributed by atoms with van der Waals surface area (Å²) in [6, 6.07) is 5.45. The summed E-state index contributed by atoms with van der Waals surface area (Å²) in [6.45, 7) is 2.87.